The predicted molar refractivity (Wildman–Crippen MR) is 85.2 cm³/mol. The van der Waals surface area contributed by atoms with Crippen molar-refractivity contribution in [1.29, 1.82) is 0 Å². The van der Waals surface area contributed by atoms with Crippen LogP contribution in [-0.4, -0.2) is 22.6 Å². The Labute approximate surface area is 134 Å². The molecule has 1 aliphatic carbocycles. The molecule has 0 N–H and O–H groups in total. The molecule has 0 spiro atoms. The standard InChI is InChI=1S/C10H4N2O2S5/c1-13-5-6(14-2-15)8(17)4-3(7(5)16)11-9(18)10(19)12-4/h2H,1H3. The summed E-state index contributed by atoms with van der Waals surface area (Å²) in [5.74, 6) is 0.528. The van der Waals surface area contributed by atoms with Crippen LogP contribution >= 0.6 is 61.1 Å². The van der Waals surface area contributed by atoms with Crippen LogP contribution in [0.5, 0.6) is 11.5 Å². The lowest BCUT2D eigenvalue weighted by Gasteiger charge is -2.11. The molecule has 4 nitrogen and oxygen atoms in total. The molecular weight excluding hydrogens is 340 g/mol. The van der Waals surface area contributed by atoms with Crippen LogP contribution in [0, 0.1) is 18.3 Å². The number of methoxy groups -OCH3 is 1. The summed E-state index contributed by atoms with van der Waals surface area (Å²) in [4.78, 5) is 8.30. The van der Waals surface area contributed by atoms with Crippen molar-refractivity contribution in [3.05, 3.63) is 18.3 Å². The van der Waals surface area contributed by atoms with Crippen LogP contribution in [-0.2, 0) is 0 Å². The van der Waals surface area contributed by atoms with Crippen LogP contribution in [0.1, 0.15) is 0 Å². The Morgan fingerprint density at radius 2 is 1.37 bits per heavy atom. The summed E-state index contributed by atoms with van der Waals surface area (Å²) < 4.78 is 11.4. The molecule has 9 heteroatoms. The lowest BCUT2D eigenvalue weighted by atomic mass is 10.2. The number of hydrogen-bond donors (Lipinski definition) is 0. The molecule has 0 aromatic heterocycles. The number of ether oxygens (including phenoxy) is 2. The third-order valence-electron chi connectivity index (χ3n) is 2.25. The highest BCUT2D eigenvalue weighted by molar-refractivity contribution is 7.78. The van der Waals surface area contributed by atoms with Gasteiger partial charge in [0, 0.05) is 0 Å². The molecule has 0 saturated carbocycles. The number of benzene rings is 1. The first kappa shape index (κ1) is 14.5. The highest BCUT2D eigenvalue weighted by Gasteiger charge is 2.21. The molecular formula is C10H4N2O2S5. The Kier molecular flexibility index (Phi) is 4.31. The third-order valence-corrected chi connectivity index (χ3v) is 3.81. The first-order valence-corrected chi connectivity index (χ1v) is 6.85. The number of nitrogens with zero attached hydrogens (tertiary/aromatic N) is 2. The van der Waals surface area contributed by atoms with Gasteiger partial charge in [0.2, 0.25) is 0 Å². The second-order valence-electron chi connectivity index (χ2n) is 3.27. The number of rotatable bonds is 3. The average molecular weight is 344 g/mol. The normalized spacial score (nSPS) is 10.4. The van der Waals surface area contributed by atoms with E-state index in [1.165, 1.54) is 7.11 Å². The lowest BCUT2D eigenvalue weighted by Crippen LogP contribution is -2.01. The fraction of sp³-hybridized carbons (Fsp3) is 0.100. The van der Waals surface area contributed by atoms with Gasteiger partial charge >= 0.3 is 0 Å². The Hall–Kier alpha value is -0.870. The molecule has 1 aliphatic heterocycles. The third kappa shape index (κ3) is 2.43. The molecule has 0 saturated heterocycles. The molecule has 0 bridgehead atoms. The van der Waals surface area contributed by atoms with Crippen molar-refractivity contribution in [2.45, 2.75) is 0 Å². The second-order valence-corrected chi connectivity index (χ2v) is 5.05. The molecule has 0 fully saturated rings. The van der Waals surface area contributed by atoms with E-state index in [-0.39, 0.29) is 25.3 Å². The van der Waals surface area contributed by atoms with Crippen LogP contribution in [0.25, 0.3) is 11.4 Å². The van der Waals surface area contributed by atoms with Gasteiger partial charge < -0.3 is 9.47 Å². The average Bonchev–Trinajstić information content (AvgIpc) is 2.39. The number of fused-ring (bicyclic) bond motifs is 1. The topological polar surface area (TPSA) is 44.2 Å². The van der Waals surface area contributed by atoms with Crippen LogP contribution in [0.4, 0.5) is 0 Å². The molecule has 0 aromatic carbocycles. The molecule has 96 valence electrons. The van der Waals surface area contributed by atoms with Crippen molar-refractivity contribution in [1.82, 2.24) is 9.97 Å². The van der Waals surface area contributed by atoms with Crippen LogP contribution in [0.15, 0.2) is 0 Å². The van der Waals surface area contributed by atoms with Crippen LogP contribution < -0.4 is 9.47 Å². The zero-order valence-corrected chi connectivity index (χ0v) is 13.4. The maximum atomic E-state index is 5.28. The fourth-order valence-corrected chi connectivity index (χ4v) is 2.45. The van der Waals surface area contributed by atoms with Crippen molar-refractivity contribution in [2.75, 3.05) is 7.11 Å². The summed E-state index contributed by atoms with van der Waals surface area (Å²) in [6.07, 6.45) is 0. The molecule has 0 amide bonds. The Bertz CT molecular complexity index is 841. The number of aromatic nitrogens is 2. The number of thiocarbonyl (C=S) groups is 1. The van der Waals surface area contributed by atoms with Gasteiger partial charge in [0.1, 0.15) is 20.4 Å². The van der Waals surface area contributed by atoms with Crippen molar-refractivity contribution < 1.29 is 9.47 Å². The predicted octanol–water partition coefficient (Wildman–Crippen LogP) is 3.72. The molecule has 2 aliphatic rings. The molecule has 1 heterocycles. The first-order chi connectivity index (χ1) is 9.01. The minimum absolute atomic E-state index is 0.196. The van der Waals surface area contributed by atoms with Crippen LogP contribution in [0.2, 0.25) is 0 Å². The van der Waals surface area contributed by atoms with Gasteiger partial charge in [-0.15, -0.1) is 0 Å². The van der Waals surface area contributed by atoms with Crippen molar-refractivity contribution in [3.63, 3.8) is 0 Å². The van der Waals surface area contributed by atoms with Gasteiger partial charge in [-0.1, -0.05) is 48.9 Å². The van der Waals surface area contributed by atoms with E-state index in [0.29, 0.717) is 15.9 Å². The molecule has 0 unspecified atom stereocenters. The summed E-state index contributed by atoms with van der Waals surface area (Å²) in [5, 5.41) is 0. The minimum atomic E-state index is 0.196. The van der Waals surface area contributed by atoms with Crippen molar-refractivity contribution >= 4 is 66.6 Å². The summed E-state index contributed by atoms with van der Waals surface area (Å²) in [6.45, 7) is 0. The molecule has 0 atom stereocenters. The van der Waals surface area contributed by atoms with Gasteiger partial charge in [0.25, 0.3) is 0 Å². The maximum Gasteiger partial charge on any atom is 0.191 e. The Morgan fingerprint density at radius 1 is 0.895 bits per heavy atom. The largest absolute Gasteiger partial charge is 0.491 e. The van der Waals surface area contributed by atoms with E-state index in [4.69, 9.17) is 58.3 Å². The maximum absolute atomic E-state index is 5.28. The van der Waals surface area contributed by atoms with E-state index in [0.717, 1.165) is 5.55 Å². The molecule has 0 aromatic rings. The Morgan fingerprint density at radius 3 is 1.79 bits per heavy atom. The summed E-state index contributed by atoms with van der Waals surface area (Å²) >= 11 is 25.2. The minimum Gasteiger partial charge on any atom is -0.491 e. The van der Waals surface area contributed by atoms with Crippen LogP contribution in [0.3, 0.4) is 0 Å². The second kappa shape index (κ2) is 5.63. The monoisotopic (exact) mass is 344 g/mol. The van der Waals surface area contributed by atoms with Gasteiger partial charge in [-0.2, -0.15) is 0 Å². The number of hydrogen-bond acceptors (Lipinski definition) is 9. The smallest absolute Gasteiger partial charge is 0.191 e. The van der Waals surface area contributed by atoms with Crippen molar-refractivity contribution in [2.24, 2.45) is 0 Å². The van der Waals surface area contributed by atoms with E-state index >= 15 is 0 Å². The Balaban J connectivity index is 3.08. The van der Waals surface area contributed by atoms with Gasteiger partial charge in [0.05, 0.1) is 7.11 Å². The highest BCUT2D eigenvalue weighted by atomic mass is 32.1. The van der Waals surface area contributed by atoms with E-state index < -0.39 is 0 Å². The quantitative estimate of drug-likeness (QED) is 0.775. The van der Waals surface area contributed by atoms with Crippen molar-refractivity contribution in [3.8, 4) is 22.9 Å². The van der Waals surface area contributed by atoms with E-state index in [2.05, 4.69) is 22.2 Å². The van der Waals surface area contributed by atoms with Gasteiger partial charge in [-0.3, -0.25) is 0 Å². The van der Waals surface area contributed by atoms with Gasteiger partial charge in [-0.05, 0) is 12.2 Å². The fourth-order valence-electron chi connectivity index (χ4n) is 1.48. The SMILES string of the molecule is COc1c(OC=S)c(=S)c2nc(=S)c(=S)nc-2c1=S. The van der Waals surface area contributed by atoms with E-state index in [1.807, 2.05) is 0 Å². The zero-order chi connectivity index (χ0) is 14.2. The summed E-state index contributed by atoms with van der Waals surface area (Å²) in [6, 6.07) is 0. The van der Waals surface area contributed by atoms with Gasteiger partial charge in [0.15, 0.2) is 26.3 Å². The summed E-state index contributed by atoms with van der Waals surface area (Å²) in [7, 11) is 1.45. The molecule has 2 rings (SSSR count). The molecule has 0 radical (unpaired) electrons. The first-order valence-electron chi connectivity index (χ1n) is 4.75. The molecule has 19 heavy (non-hydrogen) atoms. The van der Waals surface area contributed by atoms with E-state index in [9.17, 15) is 0 Å². The zero-order valence-electron chi connectivity index (χ0n) is 9.33. The van der Waals surface area contributed by atoms with Gasteiger partial charge in [-0.25, -0.2) is 9.97 Å². The highest BCUT2D eigenvalue weighted by Crippen LogP contribution is 2.38. The van der Waals surface area contributed by atoms with E-state index in [1.54, 1.807) is 0 Å². The summed E-state index contributed by atoms with van der Waals surface area (Å²) in [5.41, 5.74) is 1.82. The lowest BCUT2D eigenvalue weighted by molar-refractivity contribution is 0.392.